The molecule has 1 aromatic heterocycles. The van der Waals surface area contributed by atoms with Gasteiger partial charge in [-0.15, -0.1) is 0 Å². The Balaban J connectivity index is 2.23. The van der Waals surface area contributed by atoms with E-state index in [9.17, 15) is 9.59 Å². The van der Waals surface area contributed by atoms with Gasteiger partial charge in [0.25, 0.3) is 0 Å². The molecule has 84 valence electrons. The first-order valence-corrected chi connectivity index (χ1v) is 4.83. The van der Waals surface area contributed by atoms with Gasteiger partial charge in [-0.05, 0) is 0 Å². The van der Waals surface area contributed by atoms with Crippen molar-refractivity contribution in [1.29, 1.82) is 0 Å². The molecule has 1 aliphatic rings. The van der Waals surface area contributed by atoms with Crippen LogP contribution < -0.4 is 16.0 Å². The predicted octanol–water partition coefficient (Wildman–Crippen LogP) is -0.618. The van der Waals surface area contributed by atoms with Crippen LogP contribution in [-0.2, 0) is 11.3 Å². The second-order valence-electron chi connectivity index (χ2n) is 3.33. The number of carbonyl (C=O) groups is 2. The zero-order valence-corrected chi connectivity index (χ0v) is 8.51. The van der Waals surface area contributed by atoms with Crippen LogP contribution in [0.15, 0.2) is 12.4 Å². The number of rotatable bonds is 2. The first kappa shape index (κ1) is 10.5. The Morgan fingerprint density at radius 2 is 2.25 bits per heavy atom. The van der Waals surface area contributed by atoms with Gasteiger partial charge in [0.1, 0.15) is 12.1 Å². The summed E-state index contributed by atoms with van der Waals surface area (Å²) in [6.45, 7) is 0.607. The Morgan fingerprint density at radius 1 is 1.44 bits per heavy atom. The molecule has 1 aromatic rings. The second-order valence-corrected chi connectivity index (χ2v) is 3.33. The van der Waals surface area contributed by atoms with Crippen molar-refractivity contribution in [2.75, 3.05) is 11.4 Å². The number of anilines is 1. The predicted molar refractivity (Wildman–Crippen MR) is 55.4 cm³/mol. The smallest absolute Gasteiger partial charge is 0.325 e. The Labute approximate surface area is 91.7 Å². The number of carbonyl (C=O) groups excluding carboxylic acids is 2. The molecule has 7 heteroatoms. The van der Waals surface area contributed by atoms with Crippen LogP contribution >= 0.6 is 0 Å². The van der Waals surface area contributed by atoms with Crippen molar-refractivity contribution in [3.8, 4) is 0 Å². The Morgan fingerprint density at radius 3 is 2.94 bits per heavy atom. The van der Waals surface area contributed by atoms with Gasteiger partial charge in [-0.1, -0.05) is 0 Å². The summed E-state index contributed by atoms with van der Waals surface area (Å²) in [5.74, 6) is 0.190. The minimum Gasteiger partial charge on any atom is -0.325 e. The first-order chi connectivity index (χ1) is 7.70. The maximum Gasteiger partial charge on any atom is 0.329 e. The van der Waals surface area contributed by atoms with Gasteiger partial charge in [0.15, 0.2) is 0 Å². The van der Waals surface area contributed by atoms with Gasteiger partial charge in [0.05, 0.1) is 5.69 Å². The van der Waals surface area contributed by atoms with E-state index in [0.717, 1.165) is 0 Å². The summed E-state index contributed by atoms with van der Waals surface area (Å²) in [6.07, 6.45) is 1.62. The third-order valence-corrected chi connectivity index (χ3v) is 2.25. The lowest BCUT2D eigenvalue weighted by Gasteiger charge is -2.25. The highest BCUT2D eigenvalue weighted by atomic mass is 16.2. The summed E-state index contributed by atoms with van der Waals surface area (Å²) in [6, 6.07) is 1.17. The fourth-order valence-corrected chi connectivity index (χ4v) is 1.43. The summed E-state index contributed by atoms with van der Waals surface area (Å²) in [5.41, 5.74) is 6.09. The van der Waals surface area contributed by atoms with Crippen molar-refractivity contribution in [3.05, 3.63) is 18.1 Å². The molecule has 3 N–H and O–H groups in total. The summed E-state index contributed by atoms with van der Waals surface area (Å²) < 4.78 is 0. The maximum atomic E-state index is 11.5. The van der Waals surface area contributed by atoms with Crippen LogP contribution in [0.3, 0.4) is 0 Å². The first-order valence-electron chi connectivity index (χ1n) is 4.83. The molecular weight excluding hydrogens is 210 g/mol. The largest absolute Gasteiger partial charge is 0.329 e. The Hall–Kier alpha value is -2.02. The second kappa shape index (κ2) is 4.23. The molecule has 2 rings (SSSR count). The normalized spacial score (nSPS) is 16.2. The number of nitrogens with two attached hydrogens (primary N) is 1. The molecule has 16 heavy (non-hydrogen) atoms. The lowest BCUT2D eigenvalue weighted by atomic mass is 10.3. The molecule has 0 bridgehead atoms. The van der Waals surface area contributed by atoms with Crippen molar-refractivity contribution >= 4 is 17.8 Å². The molecule has 0 unspecified atom stereocenters. The Kier molecular flexibility index (Phi) is 2.78. The van der Waals surface area contributed by atoms with Crippen LogP contribution in [0.1, 0.15) is 12.1 Å². The molecular formula is C9H11N5O2. The highest BCUT2D eigenvalue weighted by Gasteiger charge is 2.25. The lowest BCUT2D eigenvalue weighted by Crippen LogP contribution is -2.49. The van der Waals surface area contributed by atoms with Gasteiger partial charge >= 0.3 is 6.03 Å². The number of urea groups is 1. The average molecular weight is 221 g/mol. The maximum absolute atomic E-state index is 11.5. The van der Waals surface area contributed by atoms with Crippen LogP contribution in [0.5, 0.6) is 0 Å². The molecule has 0 radical (unpaired) electrons. The van der Waals surface area contributed by atoms with E-state index in [-0.39, 0.29) is 18.9 Å². The van der Waals surface area contributed by atoms with E-state index in [2.05, 4.69) is 15.3 Å². The minimum atomic E-state index is -0.460. The van der Waals surface area contributed by atoms with Crippen LogP contribution in [-0.4, -0.2) is 28.5 Å². The fraction of sp³-hybridized carbons (Fsp3) is 0.333. The highest BCUT2D eigenvalue weighted by Crippen LogP contribution is 2.13. The number of hydrogen-bond acceptors (Lipinski definition) is 5. The molecule has 7 nitrogen and oxygen atoms in total. The van der Waals surface area contributed by atoms with Gasteiger partial charge in [-0.25, -0.2) is 14.8 Å². The standard InChI is InChI=1S/C9H11N5O2/c10-4-6-3-7(12-5-11-6)14-2-1-8(15)13-9(14)16/h3,5H,1-2,4,10H2,(H,13,15,16). The van der Waals surface area contributed by atoms with Crippen molar-refractivity contribution in [2.24, 2.45) is 5.73 Å². The summed E-state index contributed by atoms with van der Waals surface area (Å²) in [4.78, 5) is 31.8. The molecule has 0 aromatic carbocycles. The minimum absolute atomic E-state index is 0.269. The average Bonchev–Trinajstić information content (AvgIpc) is 2.29. The lowest BCUT2D eigenvalue weighted by molar-refractivity contribution is -0.120. The number of hydrogen-bond donors (Lipinski definition) is 2. The van der Waals surface area contributed by atoms with Crippen molar-refractivity contribution in [2.45, 2.75) is 13.0 Å². The topological polar surface area (TPSA) is 101 Å². The third-order valence-electron chi connectivity index (χ3n) is 2.25. The quantitative estimate of drug-likeness (QED) is 0.693. The summed E-state index contributed by atoms with van der Waals surface area (Å²) >= 11 is 0. The van der Waals surface area contributed by atoms with E-state index in [0.29, 0.717) is 18.1 Å². The number of aromatic nitrogens is 2. The Bertz CT molecular complexity index is 434. The van der Waals surface area contributed by atoms with Crippen molar-refractivity contribution in [1.82, 2.24) is 15.3 Å². The zero-order chi connectivity index (χ0) is 11.5. The van der Waals surface area contributed by atoms with E-state index in [4.69, 9.17) is 5.73 Å². The van der Waals surface area contributed by atoms with Crippen molar-refractivity contribution in [3.63, 3.8) is 0 Å². The fourth-order valence-electron chi connectivity index (χ4n) is 1.43. The van der Waals surface area contributed by atoms with Gasteiger partial charge in [0, 0.05) is 25.6 Å². The number of imide groups is 1. The third kappa shape index (κ3) is 1.98. The van der Waals surface area contributed by atoms with E-state index >= 15 is 0 Å². The van der Waals surface area contributed by atoms with Gasteiger partial charge < -0.3 is 5.73 Å². The van der Waals surface area contributed by atoms with E-state index < -0.39 is 6.03 Å². The SMILES string of the molecule is NCc1cc(N2CCC(=O)NC2=O)ncn1. The monoisotopic (exact) mass is 221 g/mol. The number of amides is 3. The van der Waals surface area contributed by atoms with Crippen molar-refractivity contribution < 1.29 is 9.59 Å². The highest BCUT2D eigenvalue weighted by molar-refractivity contribution is 6.05. The van der Waals surface area contributed by atoms with Gasteiger partial charge in [-0.2, -0.15) is 0 Å². The number of nitrogens with zero attached hydrogens (tertiary/aromatic N) is 3. The summed E-state index contributed by atoms with van der Waals surface area (Å²) in [5, 5.41) is 2.22. The molecule has 0 spiro atoms. The van der Waals surface area contributed by atoms with Crippen LogP contribution in [0.2, 0.25) is 0 Å². The van der Waals surface area contributed by atoms with E-state index in [1.807, 2.05) is 0 Å². The molecule has 1 fully saturated rings. The zero-order valence-electron chi connectivity index (χ0n) is 8.51. The molecule has 2 heterocycles. The molecule has 0 saturated carbocycles. The van der Waals surface area contributed by atoms with E-state index in [1.165, 1.54) is 11.2 Å². The van der Waals surface area contributed by atoms with Gasteiger partial charge in [0.2, 0.25) is 5.91 Å². The molecule has 3 amide bonds. The number of nitrogens with one attached hydrogen (secondary N) is 1. The van der Waals surface area contributed by atoms with Crippen LogP contribution in [0, 0.1) is 0 Å². The van der Waals surface area contributed by atoms with E-state index in [1.54, 1.807) is 6.07 Å². The molecule has 0 aliphatic carbocycles. The molecule has 0 atom stereocenters. The molecule has 1 aliphatic heterocycles. The van der Waals surface area contributed by atoms with Gasteiger partial charge in [-0.3, -0.25) is 15.0 Å². The molecule has 1 saturated heterocycles. The summed E-state index contributed by atoms with van der Waals surface area (Å²) in [7, 11) is 0. The van der Waals surface area contributed by atoms with Crippen LogP contribution in [0.25, 0.3) is 0 Å². The van der Waals surface area contributed by atoms with Crippen LogP contribution in [0.4, 0.5) is 10.6 Å².